The Kier molecular flexibility index (Phi) is 5.49. The zero-order valence-electron chi connectivity index (χ0n) is 13.9. The van der Waals surface area contributed by atoms with Gasteiger partial charge in [-0.25, -0.2) is 0 Å². The van der Waals surface area contributed by atoms with Crippen LogP contribution in [-0.2, 0) is 6.61 Å². The normalized spacial score (nSPS) is 17.5. The third-order valence-electron chi connectivity index (χ3n) is 4.51. The Labute approximate surface area is 143 Å². The number of nitrogens with zero attached hydrogens (tertiary/aromatic N) is 1. The van der Waals surface area contributed by atoms with Crippen molar-refractivity contribution in [1.29, 1.82) is 0 Å². The molecular weight excluding hydrogens is 300 g/mol. The summed E-state index contributed by atoms with van der Waals surface area (Å²) in [4.78, 5) is 14.6. The molecule has 2 aromatic carbocycles. The lowest BCUT2D eigenvalue weighted by Gasteiger charge is -2.35. The molecule has 0 aliphatic carbocycles. The molecule has 126 valence electrons. The van der Waals surface area contributed by atoms with Gasteiger partial charge in [-0.1, -0.05) is 30.3 Å². The Bertz CT molecular complexity index is 655. The molecule has 0 spiro atoms. The van der Waals surface area contributed by atoms with Gasteiger partial charge in [0.05, 0.1) is 0 Å². The molecule has 1 unspecified atom stereocenters. The summed E-state index contributed by atoms with van der Waals surface area (Å²) in [5.41, 5.74) is 7.63. The molecule has 24 heavy (non-hydrogen) atoms. The summed E-state index contributed by atoms with van der Waals surface area (Å²) >= 11 is 0. The highest BCUT2D eigenvalue weighted by molar-refractivity contribution is 5.94. The molecule has 3 rings (SSSR count). The number of nitrogens with two attached hydrogens (primary N) is 1. The summed E-state index contributed by atoms with van der Waals surface area (Å²) < 4.78 is 5.77. The minimum absolute atomic E-state index is 0.0692. The highest BCUT2D eigenvalue weighted by Crippen LogP contribution is 2.21. The van der Waals surface area contributed by atoms with Crippen molar-refractivity contribution in [2.24, 2.45) is 5.73 Å². The van der Waals surface area contributed by atoms with Crippen LogP contribution in [0.4, 0.5) is 0 Å². The van der Waals surface area contributed by atoms with Crippen LogP contribution < -0.4 is 10.5 Å². The number of rotatable bonds is 5. The third-order valence-corrected chi connectivity index (χ3v) is 4.51. The molecule has 4 heteroatoms. The van der Waals surface area contributed by atoms with Crippen LogP contribution in [0.3, 0.4) is 0 Å². The topological polar surface area (TPSA) is 55.6 Å². The summed E-state index contributed by atoms with van der Waals surface area (Å²) in [6, 6.07) is 17.6. The van der Waals surface area contributed by atoms with E-state index in [-0.39, 0.29) is 11.9 Å². The Morgan fingerprint density at radius 3 is 2.54 bits per heavy atom. The van der Waals surface area contributed by atoms with Crippen molar-refractivity contribution in [2.45, 2.75) is 31.9 Å². The van der Waals surface area contributed by atoms with E-state index in [4.69, 9.17) is 10.5 Å². The number of likely N-dealkylation sites (tertiary alicyclic amines) is 1. The molecule has 1 aliphatic rings. The molecular formula is C20H24N2O2. The van der Waals surface area contributed by atoms with Gasteiger partial charge in [0.15, 0.2) is 0 Å². The monoisotopic (exact) mass is 324 g/mol. The van der Waals surface area contributed by atoms with E-state index in [1.165, 1.54) is 0 Å². The molecule has 1 atom stereocenters. The number of carbonyl (C=O) groups is 1. The minimum atomic E-state index is 0.0692. The van der Waals surface area contributed by atoms with E-state index in [1.54, 1.807) is 0 Å². The highest BCUT2D eigenvalue weighted by atomic mass is 16.5. The van der Waals surface area contributed by atoms with Crippen molar-refractivity contribution < 1.29 is 9.53 Å². The molecule has 1 fully saturated rings. The lowest BCUT2D eigenvalue weighted by molar-refractivity contribution is 0.0623. The molecule has 1 heterocycles. The Hall–Kier alpha value is -2.33. The van der Waals surface area contributed by atoms with Crippen LogP contribution in [0.25, 0.3) is 0 Å². The van der Waals surface area contributed by atoms with Gasteiger partial charge < -0.3 is 15.4 Å². The van der Waals surface area contributed by atoms with E-state index in [1.807, 2.05) is 59.5 Å². The maximum absolute atomic E-state index is 12.7. The van der Waals surface area contributed by atoms with E-state index < -0.39 is 0 Å². The van der Waals surface area contributed by atoms with Crippen LogP contribution >= 0.6 is 0 Å². The van der Waals surface area contributed by atoms with E-state index in [0.29, 0.717) is 18.7 Å². The number of ether oxygens (including phenoxy) is 1. The van der Waals surface area contributed by atoms with E-state index >= 15 is 0 Å². The molecule has 1 aliphatic heterocycles. The minimum Gasteiger partial charge on any atom is -0.489 e. The van der Waals surface area contributed by atoms with Crippen LogP contribution in [0.2, 0.25) is 0 Å². The molecule has 4 nitrogen and oxygen atoms in total. The van der Waals surface area contributed by atoms with Crippen molar-refractivity contribution in [1.82, 2.24) is 4.90 Å². The fourth-order valence-electron chi connectivity index (χ4n) is 3.11. The van der Waals surface area contributed by atoms with Crippen molar-refractivity contribution in [3.05, 3.63) is 65.7 Å². The van der Waals surface area contributed by atoms with Gasteiger partial charge in [0.1, 0.15) is 12.4 Å². The van der Waals surface area contributed by atoms with Gasteiger partial charge in [-0.2, -0.15) is 0 Å². The largest absolute Gasteiger partial charge is 0.489 e. The van der Waals surface area contributed by atoms with E-state index in [2.05, 4.69) is 0 Å². The first-order chi connectivity index (χ1) is 11.8. The van der Waals surface area contributed by atoms with Crippen molar-refractivity contribution in [2.75, 3.05) is 13.1 Å². The first kappa shape index (κ1) is 16.5. The van der Waals surface area contributed by atoms with Crippen LogP contribution in [0.15, 0.2) is 54.6 Å². The van der Waals surface area contributed by atoms with Crippen molar-refractivity contribution in [3.8, 4) is 5.75 Å². The Morgan fingerprint density at radius 2 is 1.83 bits per heavy atom. The van der Waals surface area contributed by atoms with Gasteiger partial charge in [0.25, 0.3) is 5.91 Å². The number of piperidine rings is 1. The lowest BCUT2D eigenvalue weighted by Crippen LogP contribution is -2.47. The molecule has 0 saturated carbocycles. The van der Waals surface area contributed by atoms with Crippen LogP contribution in [0, 0.1) is 0 Å². The molecule has 1 amide bonds. The molecule has 0 radical (unpaired) electrons. The highest BCUT2D eigenvalue weighted by Gasteiger charge is 2.26. The summed E-state index contributed by atoms with van der Waals surface area (Å²) in [7, 11) is 0. The van der Waals surface area contributed by atoms with Gasteiger partial charge in [-0.3, -0.25) is 4.79 Å². The third kappa shape index (κ3) is 3.95. The van der Waals surface area contributed by atoms with E-state index in [9.17, 15) is 4.79 Å². The lowest BCUT2D eigenvalue weighted by atomic mass is 10.0. The smallest absolute Gasteiger partial charge is 0.254 e. The maximum Gasteiger partial charge on any atom is 0.254 e. The fourth-order valence-corrected chi connectivity index (χ4v) is 3.11. The average molecular weight is 324 g/mol. The fraction of sp³-hybridized carbons (Fsp3) is 0.350. The number of amides is 1. The number of benzene rings is 2. The quantitative estimate of drug-likeness (QED) is 0.919. The molecule has 2 N–H and O–H groups in total. The molecule has 2 aromatic rings. The number of carbonyl (C=O) groups excluding carboxylic acids is 1. The van der Waals surface area contributed by atoms with Gasteiger partial charge in [-0.15, -0.1) is 0 Å². The van der Waals surface area contributed by atoms with Gasteiger partial charge >= 0.3 is 0 Å². The van der Waals surface area contributed by atoms with Crippen molar-refractivity contribution >= 4 is 5.91 Å². The predicted molar refractivity (Wildman–Crippen MR) is 94.9 cm³/mol. The molecule has 0 bridgehead atoms. The second-order valence-corrected chi connectivity index (χ2v) is 6.18. The average Bonchev–Trinajstić information content (AvgIpc) is 2.67. The Balaban J connectivity index is 1.62. The zero-order chi connectivity index (χ0) is 16.8. The summed E-state index contributed by atoms with van der Waals surface area (Å²) in [5.74, 6) is 0.837. The summed E-state index contributed by atoms with van der Waals surface area (Å²) in [5, 5.41) is 0. The van der Waals surface area contributed by atoms with Crippen molar-refractivity contribution in [3.63, 3.8) is 0 Å². The van der Waals surface area contributed by atoms with Crippen LogP contribution in [-0.4, -0.2) is 29.9 Å². The second kappa shape index (κ2) is 7.97. The Morgan fingerprint density at radius 1 is 1.08 bits per heavy atom. The van der Waals surface area contributed by atoms with Crippen LogP contribution in [0.5, 0.6) is 5.75 Å². The second-order valence-electron chi connectivity index (χ2n) is 6.18. The standard InChI is InChI=1S/C20H24N2O2/c21-14-18-8-4-5-13-22(18)20(23)17-9-11-19(12-10-17)24-15-16-6-2-1-3-7-16/h1-3,6-7,9-12,18H,4-5,8,13-15,21H2. The predicted octanol–water partition coefficient (Wildman–Crippen LogP) is 3.22. The first-order valence-electron chi connectivity index (χ1n) is 8.56. The maximum atomic E-state index is 12.7. The summed E-state index contributed by atoms with van der Waals surface area (Å²) in [6.45, 7) is 1.85. The van der Waals surface area contributed by atoms with Gasteiger partial charge in [-0.05, 0) is 49.1 Å². The molecule has 1 saturated heterocycles. The SMILES string of the molecule is NCC1CCCCN1C(=O)c1ccc(OCc2ccccc2)cc1. The zero-order valence-corrected chi connectivity index (χ0v) is 13.9. The number of hydrogen-bond acceptors (Lipinski definition) is 3. The van der Waals surface area contributed by atoms with Gasteiger partial charge in [0.2, 0.25) is 0 Å². The first-order valence-corrected chi connectivity index (χ1v) is 8.56. The van der Waals surface area contributed by atoms with Gasteiger partial charge in [0, 0.05) is 24.7 Å². The molecule has 0 aromatic heterocycles. The van der Waals surface area contributed by atoms with E-state index in [0.717, 1.165) is 37.1 Å². The summed E-state index contributed by atoms with van der Waals surface area (Å²) in [6.07, 6.45) is 3.21. The van der Waals surface area contributed by atoms with Crippen LogP contribution in [0.1, 0.15) is 35.2 Å². The number of hydrogen-bond donors (Lipinski definition) is 1.